The molecule has 0 aliphatic carbocycles. The first kappa shape index (κ1) is 31.0. The fourth-order valence-electron chi connectivity index (χ4n) is 5.88. The average Bonchev–Trinajstić information content (AvgIpc) is 3.59. The van der Waals surface area contributed by atoms with Crippen molar-refractivity contribution in [3.63, 3.8) is 0 Å². The van der Waals surface area contributed by atoms with Crippen molar-refractivity contribution in [1.82, 2.24) is 24.6 Å². The van der Waals surface area contributed by atoms with Crippen LogP contribution in [0.3, 0.4) is 0 Å². The van der Waals surface area contributed by atoms with Gasteiger partial charge < -0.3 is 25.0 Å². The Morgan fingerprint density at radius 1 is 1.11 bits per heavy atom. The fraction of sp³-hybridized carbons (Fsp3) is 0.344. The highest BCUT2D eigenvalue weighted by Crippen LogP contribution is 2.44. The molecule has 2 aromatic carbocycles. The number of aliphatic hydroxyl groups excluding tert-OH is 2. The van der Waals surface area contributed by atoms with Crippen LogP contribution < -0.4 is 10.2 Å². The molecule has 14 heteroatoms. The van der Waals surface area contributed by atoms with Crippen LogP contribution in [-0.2, 0) is 26.3 Å². The molecule has 46 heavy (non-hydrogen) atoms. The van der Waals surface area contributed by atoms with Crippen LogP contribution in [-0.4, -0.2) is 60.6 Å². The number of rotatable bonds is 9. The molecular formula is C32H30F3N9O2. The number of pyridine rings is 1. The topological polar surface area (TPSA) is 150 Å². The molecule has 0 bridgehead atoms. The van der Waals surface area contributed by atoms with Crippen LogP contribution in [0.1, 0.15) is 46.9 Å². The molecule has 3 N–H and O–H groups in total. The summed E-state index contributed by atoms with van der Waals surface area (Å²) >= 11 is 0. The van der Waals surface area contributed by atoms with Crippen LogP contribution in [0.2, 0.25) is 0 Å². The second-order valence-electron chi connectivity index (χ2n) is 11.5. The Balaban J connectivity index is 1.48. The Bertz CT molecular complexity index is 1860. The molecule has 11 nitrogen and oxygen atoms in total. The second-order valence-corrected chi connectivity index (χ2v) is 11.5. The number of nitrogens with zero attached hydrogens (tertiary/aromatic N) is 8. The Labute approximate surface area is 262 Å². The maximum absolute atomic E-state index is 14.4. The van der Waals surface area contributed by atoms with Crippen LogP contribution in [0.25, 0.3) is 22.5 Å². The molecule has 236 valence electrons. The predicted octanol–water partition coefficient (Wildman–Crippen LogP) is 4.34. The largest absolute Gasteiger partial charge is 0.416 e. The standard InChI is InChI=1S/C32H30F3N9O2/c1-42-18-38-41-30(42)23-4-3-19(14-37)9-24(23)21-12-28(39-22(17-45)5-6-36)40-29(13-21)44-16-26-25(31(44)46)10-20(15-43-7-2-8-43)11-27(26)32(33,34)35/h3-4,9-13,18,22,31,45-46H,2,5,7-8,15-17H2,1H3,(H,39,40). The number of fused-ring (bicyclic) bond motifs is 1. The Morgan fingerprint density at radius 3 is 2.54 bits per heavy atom. The summed E-state index contributed by atoms with van der Waals surface area (Å²) in [5.74, 6) is 0.870. The Hall–Kier alpha value is -5.02. The molecule has 2 aromatic heterocycles. The van der Waals surface area contributed by atoms with Crippen LogP contribution in [0.15, 0.2) is 48.8 Å². The predicted molar refractivity (Wildman–Crippen MR) is 162 cm³/mol. The number of anilines is 2. The van der Waals surface area contributed by atoms with Gasteiger partial charge >= 0.3 is 6.18 Å². The molecule has 6 rings (SSSR count). The lowest BCUT2D eigenvalue weighted by atomic mass is 9.97. The minimum absolute atomic E-state index is 0.0296. The van der Waals surface area contributed by atoms with Gasteiger partial charge in [0.05, 0.1) is 42.3 Å². The third-order valence-electron chi connectivity index (χ3n) is 8.33. The lowest BCUT2D eigenvalue weighted by Gasteiger charge is -2.31. The van der Waals surface area contributed by atoms with Crippen molar-refractivity contribution in [2.24, 2.45) is 7.05 Å². The van der Waals surface area contributed by atoms with Crippen molar-refractivity contribution in [3.05, 3.63) is 76.6 Å². The van der Waals surface area contributed by atoms with E-state index in [1.54, 1.807) is 48.0 Å². The van der Waals surface area contributed by atoms with Gasteiger partial charge in [-0.05, 0) is 84.2 Å². The first-order valence-corrected chi connectivity index (χ1v) is 14.6. The zero-order valence-electron chi connectivity index (χ0n) is 24.8. The van der Waals surface area contributed by atoms with E-state index in [-0.39, 0.29) is 42.3 Å². The maximum atomic E-state index is 14.4. The maximum Gasteiger partial charge on any atom is 0.416 e. The summed E-state index contributed by atoms with van der Waals surface area (Å²) in [6.45, 7) is 1.33. The number of halogens is 3. The minimum atomic E-state index is -4.64. The first-order chi connectivity index (χ1) is 22.1. The van der Waals surface area contributed by atoms with Gasteiger partial charge in [-0.3, -0.25) is 4.90 Å². The van der Waals surface area contributed by atoms with Gasteiger partial charge in [-0.15, -0.1) is 10.2 Å². The summed E-state index contributed by atoms with van der Waals surface area (Å²) in [5.41, 5.74) is 1.85. The van der Waals surface area contributed by atoms with Gasteiger partial charge in [0.1, 0.15) is 18.0 Å². The molecule has 0 spiro atoms. The Morgan fingerprint density at radius 2 is 1.91 bits per heavy atom. The number of hydrogen-bond acceptors (Lipinski definition) is 10. The molecule has 2 unspecified atom stereocenters. The molecule has 1 fully saturated rings. The normalized spacial score (nSPS) is 16.8. The van der Waals surface area contributed by atoms with Crippen LogP contribution >= 0.6 is 0 Å². The highest BCUT2D eigenvalue weighted by Gasteiger charge is 2.41. The lowest BCUT2D eigenvalue weighted by Crippen LogP contribution is -2.36. The van der Waals surface area contributed by atoms with Gasteiger partial charge in [0, 0.05) is 31.3 Å². The molecule has 0 radical (unpaired) electrons. The zero-order valence-corrected chi connectivity index (χ0v) is 24.8. The molecule has 1 saturated heterocycles. The summed E-state index contributed by atoms with van der Waals surface area (Å²) in [5, 5.41) is 51.6. The summed E-state index contributed by atoms with van der Waals surface area (Å²) in [6.07, 6.45) is -3.59. The van der Waals surface area contributed by atoms with Crippen LogP contribution in [0.5, 0.6) is 0 Å². The van der Waals surface area contributed by atoms with E-state index in [2.05, 4.69) is 26.6 Å². The number of aliphatic hydroxyl groups is 2. The van der Waals surface area contributed by atoms with Gasteiger partial charge in [0.15, 0.2) is 12.1 Å². The lowest BCUT2D eigenvalue weighted by molar-refractivity contribution is -0.138. The van der Waals surface area contributed by atoms with E-state index in [1.807, 2.05) is 11.0 Å². The molecule has 2 atom stereocenters. The number of likely N-dealkylation sites (tertiary alicyclic amines) is 1. The monoisotopic (exact) mass is 629 g/mol. The smallest absolute Gasteiger partial charge is 0.394 e. The zero-order chi connectivity index (χ0) is 32.6. The van der Waals surface area contributed by atoms with Gasteiger partial charge in [-0.25, -0.2) is 4.98 Å². The van der Waals surface area contributed by atoms with Crippen molar-refractivity contribution in [2.75, 3.05) is 29.9 Å². The molecule has 0 saturated carbocycles. The molecule has 4 heterocycles. The Kier molecular flexibility index (Phi) is 8.35. The van der Waals surface area contributed by atoms with E-state index < -0.39 is 24.0 Å². The number of hydrogen-bond donors (Lipinski definition) is 3. The van der Waals surface area contributed by atoms with Crippen molar-refractivity contribution >= 4 is 11.6 Å². The number of alkyl halides is 3. The average molecular weight is 630 g/mol. The van der Waals surface area contributed by atoms with Crippen molar-refractivity contribution < 1.29 is 23.4 Å². The fourth-order valence-corrected chi connectivity index (χ4v) is 5.88. The summed E-state index contributed by atoms with van der Waals surface area (Å²) in [4.78, 5) is 8.06. The highest BCUT2D eigenvalue weighted by atomic mass is 19.4. The molecule has 0 amide bonds. The van der Waals surface area contributed by atoms with E-state index in [0.717, 1.165) is 19.5 Å². The van der Waals surface area contributed by atoms with Gasteiger partial charge in [0.25, 0.3) is 0 Å². The van der Waals surface area contributed by atoms with E-state index in [1.165, 1.54) is 17.3 Å². The van der Waals surface area contributed by atoms with E-state index in [0.29, 0.717) is 40.2 Å². The van der Waals surface area contributed by atoms with Crippen LogP contribution in [0, 0.1) is 22.7 Å². The number of aromatic nitrogens is 4. The van der Waals surface area contributed by atoms with Crippen molar-refractivity contribution in [3.8, 4) is 34.7 Å². The van der Waals surface area contributed by atoms with Gasteiger partial charge in [-0.1, -0.05) is 0 Å². The highest BCUT2D eigenvalue weighted by molar-refractivity contribution is 5.84. The van der Waals surface area contributed by atoms with Crippen molar-refractivity contribution in [1.29, 1.82) is 10.5 Å². The number of aryl methyl sites for hydroxylation is 1. The van der Waals surface area contributed by atoms with Crippen LogP contribution in [0.4, 0.5) is 24.8 Å². The van der Waals surface area contributed by atoms with E-state index >= 15 is 0 Å². The quantitative estimate of drug-likeness (QED) is 0.244. The number of benzene rings is 2. The van der Waals surface area contributed by atoms with E-state index in [9.17, 15) is 33.9 Å². The molecular weight excluding hydrogens is 599 g/mol. The van der Waals surface area contributed by atoms with Crippen molar-refractivity contribution in [2.45, 2.75) is 44.4 Å². The minimum Gasteiger partial charge on any atom is -0.394 e. The molecule has 2 aliphatic rings. The van der Waals surface area contributed by atoms with Gasteiger partial charge in [-0.2, -0.15) is 23.7 Å². The molecule has 2 aliphatic heterocycles. The number of nitriles is 2. The molecule has 4 aromatic rings. The van der Waals surface area contributed by atoms with E-state index in [4.69, 9.17) is 0 Å². The summed E-state index contributed by atoms with van der Waals surface area (Å²) < 4.78 is 44.8. The first-order valence-electron chi connectivity index (χ1n) is 14.6. The SMILES string of the molecule is Cn1cnnc1-c1ccc(C#N)cc1-c1cc(NC(CO)CC#N)nc(N2Cc3c(cc(CN4CCC4)cc3C(F)(F)F)C2O)c1. The summed E-state index contributed by atoms with van der Waals surface area (Å²) in [7, 11) is 1.77. The summed E-state index contributed by atoms with van der Waals surface area (Å²) in [6, 6.07) is 14.6. The third-order valence-corrected chi connectivity index (χ3v) is 8.33. The second kappa shape index (κ2) is 12.4. The third kappa shape index (κ3) is 5.98. The van der Waals surface area contributed by atoms with Gasteiger partial charge in [0.2, 0.25) is 0 Å². The number of nitrogens with one attached hydrogen (secondary N) is 1.